The van der Waals surface area contributed by atoms with Crippen molar-refractivity contribution in [1.29, 1.82) is 0 Å². The van der Waals surface area contributed by atoms with Crippen LogP contribution in [0.15, 0.2) is 30.9 Å². The Hall–Kier alpha value is -2.63. The molecule has 0 saturated carbocycles. The average Bonchev–Trinajstić information content (AvgIpc) is 3.17. The van der Waals surface area contributed by atoms with E-state index < -0.39 is 11.7 Å². The Balaban J connectivity index is 2.05. The molecule has 0 radical (unpaired) electrons. The second-order valence-corrected chi connectivity index (χ2v) is 7.76. The number of hydrogen-bond donors (Lipinski definition) is 0. The molecule has 3 heterocycles. The zero-order chi connectivity index (χ0) is 19.1. The zero-order valence-electron chi connectivity index (χ0n) is 16.3. The van der Waals surface area contributed by atoms with E-state index in [9.17, 15) is 4.79 Å². The highest BCUT2D eigenvalue weighted by molar-refractivity contribution is 5.91. The molecule has 0 unspecified atom stereocenters. The van der Waals surface area contributed by atoms with Crippen LogP contribution in [0, 0.1) is 0 Å². The van der Waals surface area contributed by atoms with Crippen LogP contribution in [0.1, 0.15) is 53.1 Å². The van der Waals surface area contributed by atoms with Gasteiger partial charge in [-0.3, -0.25) is 4.68 Å². The van der Waals surface area contributed by atoms with Crippen molar-refractivity contribution in [2.45, 2.75) is 59.6 Å². The molecule has 0 spiro atoms. The van der Waals surface area contributed by atoms with Gasteiger partial charge < -0.3 is 4.74 Å². The molecular formula is C20H26N4O2. The van der Waals surface area contributed by atoms with Crippen LogP contribution in [0.25, 0.3) is 22.2 Å². The number of carbonyl (C=O) groups is 1. The second kappa shape index (κ2) is 6.59. The molecule has 0 aromatic carbocycles. The van der Waals surface area contributed by atoms with Gasteiger partial charge in [0.2, 0.25) is 0 Å². The first-order chi connectivity index (χ1) is 12.2. The van der Waals surface area contributed by atoms with E-state index in [2.05, 4.69) is 36.9 Å². The summed E-state index contributed by atoms with van der Waals surface area (Å²) in [7, 11) is 0. The lowest BCUT2D eigenvalue weighted by molar-refractivity contribution is 0.0543. The summed E-state index contributed by atoms with van der Waals surface area (Å²) in [5.74, 6) is 0. The van der Waals surface area contributed by atoms with Gasteiger partial charge in [-0.1, -0.05) is 6.92 Å². The summed E-state index contributed by atoms with van der Waals surface area (Å²) in [4.78, 5) is 17.1. The zero-order valence-corrected chi connectivity index (χ0v) is 16.3. The molecule has 3 aromatic heterocycles. The summed E-state index contributed by atoms with van der Waals surface area (Å²) >= 11 is 0. The predicted molar refractivity (Wildman–Crippen MR) is 102 cm³/mol. The van der Waals surface area contributed by atoms with E-state index in [1.807, 2.05) is 44.0 Å². The summed E-state index contributed by atoms with van der Waals surface area (Å²) in [6.45, 7) is 11.8. The van der Waals surface area contributed by atoms with Crippen LogP contribution in [0.4, 0.5) is 4.79 Å². The Bertz CT molecular complexity index is 945. The molecular weight excluding hydrogens is 328 g/mol. The Morgan fingerprint density at radius 2 is 1.92 bits per heavy atom. The number of aryl methyl sites for hydroxylation is 1. The van der Waals surface area contributed by atoms with Crippen LogP contribution in [-0.4, -0.2) is 31.0 Å². The third kappa shape index (κ3) is 3.49. The molecule has 0 atom stereocenters. The number of aromatic nitrogens is 4. The topological polar surface area (TPSA) is 61.9 Å². The van der Waals surface area contributed by atoms with Crippen LogP contribution >= 0.6 is 0 Å². The molecule has 138 valence electrons. The van der Waals surface area contributed by atoms with Crippen molar-refractivity contribution in [1.82, 2.24) is 19.3 Å². The van der Waals surface area contributed by atoms with Gasteiger partial charge in [-0.2, -0.15) is 5.10 Å². The molecule has 6 nitrogen and oxygen atoms in total. The lowest BCUT2D eigenvalue weighted by Crippen LogP contribution is -2.26. The third-order valence-corrected chi connectivity index (χ3v) is 4.16. The molecule has 0 aliphatic rings. The van der Waals surface area contributed by atoms with Gasteiger partial charge in [0.15, 0.2) is 0 Å². The van der Waals surface area contributed by atoms with E-state index in [-0.39, 0.29) is 0 Å². The van der Waals surface area contributed by atoms with Crippen molar-refractivity contribution >= 4 is 17.1 Å². The summed E-state index contributed by atoms with van der Waals surface area (Å²) in [6.07, 6.45) is 7.87. The van der Waals surface area contributed by atoms with Gasteiger partial charge in [0.25, 0.3) is 0 Å². The molecule has 6 heteroatoms. The molecule has 0 amide bonds. The minimum Gasteiger partial charge on any atom is -0.443 e. The summed E-state index contributed by atoms with van der Waals surface area (Å²) in [6, 6.07) is 2.38. The van der Waals surface area contributed by atoms with Crippen molar-refractivity contribution < 1.29 is 9.53 Å². The molecule has 26 heavy (non-hydrogen) atoms. The highest BCUT2D eigenvalue weighted by atomic mass is 16.6. The van der Waals surface area contributed by atoms with Crippen LogP contribution in [-0.2, 0) is 11.2 Å². The maximum Gasteiger partial charge on any atom is 0.420 e. The standard InChI is InChI=1S/C20H26N4O2/c1-7-14-11-23(19(25)26-20(4,5)6)18-17(14)8-15(9-21-18)16-10-22-24(12-16)13(2)3/h8-13H,7H2,1-6H3. The first-order valence-electron chi connectivity index (χ1n) is 8.97. The molecule has 3 aromatic rings. The lowest BCUT2D eigenvalue weighted by atomic mass is 10.1. The molecule has 3 rings (SSSR count). The van der Waals surface area contributed by atoms with Crippen molar-refractivity contribution in [2.24, 2.45) is 0 Å². The van der Waals surface area contributed by atoms with E-state index in [4.69, 9.17) is 4.74 Å². The van der Waals surface area contributed by atoms with E-state index in [0.717, 1.165) is 28.5 Å². The number of fused-ring (bicyclic) bond motifs is 1. The van der Waals surface area contributed by atoms with Crippen molar-refractivity contribution in [2.75, 3.05) is 0 Å². The van der Waals surface area contributed by atoms with Gasteiger partial charge >= 0.3 is 6.09 Å². The van der Waals surface area contributed by atoms with Crippen molar-refractivity contribution in [3.05, 3.63) is 36.4 Å². The van der Waals surface area contributed by atoms with Crippen LogP contribution < -0.4 is 0 Å². The fourth-order valence-corrected chi connectivity index (χ4v) is 2.83. The summed E-state index contributed by atoms with van der Waals surface area (Å²) in [5, 5.41) is 5.36. The van der Waals surface area contributed by atoms with Crippen LogP contribution in [0.2, 0.25) is 0 Å². The maximum absolute atomic E-state index is 12.5. The number of carbonyl (C=O) groups excluding carboxylic acids is 1. The number of rotatable bonds is 3. The van der Waals surface area contributed by atoms with E-state index in [1.165, 1.54) is 4.57 Å². The molecule has 0 fully saturated rings. The Labute approximate surface area is 153 Å². The fourth-order valence-electron chi connectivity index (χ4n) is 2.83. The molecule has 0 saturated heterocycles. The van der Waals surface area contributed by atoms with E-state index in [1.54, 1.807) is 6.20 Å². The molecule has 0 aliphatic carbocycles. The first-order valence-corrected chi connectivity index (χ1v) is 8.97. The Kier molecular flexibility index (Phi) is 4.61. The van der Waals surface area contributed by atoms with Crippen LogP contribution in [0.5, 0.6) is 0 Å². The lowest BCUT2D eigenvalue weighted by Gasteiger charge is -2.19. The average molecular weight is 354 g/mol. The molecule has 0 aliphatic heterocycles. The SMILES string of the molecule is CCc1cn(C(=O)OC(C)(C)C)c2ncc(-c3cnn(C(C)C)c3)cc12. The summed E-state index contributed by atoms with van der Waals surface area (Å²) in [5.41, 5.74) is 3.14. The minimum atomic E-state index is -0.550. The van der Waals surface area contributed by atoms with Gasteiger partial charge in [-0.25, -0.2) is 14.3 Å². The van der Waals surface area contributed by atoms with Gasteiger partial charge in [-0.05, 0) is 52.7 Å². The molecule has 0 N–H and O–H groups in total. The number of hydrogen-bond acceptors (Lipinski definition) is 4. The fraction of sp³-hybridized carbons (Fsp3) is 0.450. The number of nitrogens with zero attached hydrogens (tertiary/aromatic N) is 4. The third-order valence-electron chi connectivity index (χ3n) is 4.16. The number of ether oxygens (including phenoxy) is 1. The first kappa shape index (κ1) is 18.2. The monoisotopic (exact) mass is 354 g/mol. The largest absolute Gasteiger partial charge is 0.443 e. The smallest absolute Gasteiger partial charge is 0.420 e. The Morgan fingerprint density at radius 3 is 2.50 bits per heavy atom. The molecule has 0 bridgehead atoms. The van der Waals surface area contributed by atoms with Crippen molar-refractivity contribution in [3.8, 4) is 11.1 Å². The van der Waals surface area contributed by atoms with E-state index >= 15 is 0 Å². The highest BCUT2D eigenvalue weighted by Crippen LogP contribution is 2.27. The minimum absolute atomic E-state index is 0.305. The second-order valence-electron chi connectivity index (χ2n) is 7.76. The quantitative estimate of drug-likeness (QED) is 0.676. The highest BCUT2D eigenvalue weighted by Gasteiger charge is 2.21. The van der Waals surface area contributed by atoms with Gasteiger partial charge in [-0.15, -0.1) is 0 Å². The summed E-state index contributed by atoms with van der Waals surface area (Å²) < 4.78 is 8.93. The van der Waals surface area contributed by atoms with Gasteiger partial charge in [0, 0.05) is 41.1 Å². The van der Waals surface area contributed by atoms with E-state index in [0.29, 0.717) is 11.7 Å². The normalized spacial score (nSPS) is 12.1. The maximum atomic E-state index is 12.5. The Morgan fingerprint density at radius 1 is 1.19 bits per heavy atom. The van der Waals surface area contributed by atoms with Crippen molar-refractivity contribution in [3.63, 3.8) is 0 Å². The number of pyridine rings is 1. The van der Waals surface area contributed by atoms with Crippen LogP contribution in [0.3, 0.4) is 0 Å². The van der Waals surface area contributed by atoms with Gasteiger partial charge in [0.1, 0.15) is 11.2 Å². The van der Waals surface area contributed by atoms with Gasteiger partial charge in [0.05, 0.1) is 6.20 Å². The predicted octanol–water partition coefficient (Wildman–Crippen LogP) is 4.83.